The maximum atomic E-state index is 12.4. The Balaban J connectivity index is 1.95. The van der Waals surface area contributed by atoms with Crippen molar-refractivity contribution in [3.8, 4) is 0 Å². The summed E-state index contributed by atoms with van der Waals surface area (Å²) in [6.07, 6.45) is 3.03. The summed E-state index contributed by atoms with van der Waals surface area (Å²) < 4.78 is 6.41. The van der Waals surface area contributed by atoms with Gasteiger partial charge in [0.05, 0.1) is 13.7 Å². The molecule has 0 saturated heterocycles. The molecule has 0 bridgehead atoms. The van der Waals surface area contributed by atoms with E-state index in [-0.39, 0.29) is 11.8 Å². The highest BCUT2D eigenvalue weighted by molar-refractivity contribution is 5.85. The summed E-state index contributed by atoms with van der Waals surface area (Å²) >= 11 is 0. The third-order valence-corrected chi connectivity index (χ3v) is 3.77. The van der Waals surface area contributed by atoms with Crippen molar-refractivity contribution in [3.63, 3.8) is 0 Å². The fraction of sp³-hybridized carbons (Fsp3) is 0.389. The first-order valence-corrected chi connectivity index (χ1v) is 8.17. The number of rotatable bonds is 7. The molecule has 25 heavy (non-hydrogen) atoms. The van der Waals surface area contributed by atoms with Gasteiger partial charge in [-0.05, 0) is 23.1 Å². The van der Waals surface area contributed by atoms with Crippen molar-refractivity contribution in [2.24, 2.45) is 5.92 Å². The van der Waals surface area contributed by atoms with Gasteiger partial charge in [0.15, 0.2) is 0 Å². The molecule has 1 atom stereocenters. The molecule has 2 amide bonds. The van der Waals surface area contributed by atoms with Crippen LogP contribution in [0.25, 0.3) is 0 Å². The van der Waals surface area contributed by atoms with E-state index in [1.807, 2.05) is 55.1 Å². The van der Waals surface area contributed by atoms with Crippen molar-refractivity contribution in [1.82, 2.24) is 20.4 Å². The van der Waals surface area contributed by atoms with E-state index < -0.39 is 12.1 Å². The summed E-state index contributed by atoms with van der Waals surface area (Å²) in [7, 11) is 1.27. The number of methoxy groups -OCH3 is 1. The Bertz CT molecular complexity index is 698. The molecule has 2 N–H and O–H groups in total. The first-order chi connectivity index (χ1) is 12.0. The molecular weight excluding hydrogens is 320 g/mol. The Labute approximate surface area is 147 Å². The average molecular weight is 344 g/mol. The van der Waals surface area contributed by atoms with Crippen molar-refractivity contribution < 1.29 is 14.3 Å². The maximum Gasteiger partial charge on any atom is 0.407 e. The second-order valence-electron chi connectivity index (χ2n) is 6.10. The van der Waals surface area contributed by atoms with Crippen LogP contribution in [0.1, 0.15) is 25.0 Å². The van der Waals surface area contributed by atoms with E-state index in [1.165, 1.54) is 7.11 Å². The number of alkyl carbamates (subject to hydrolysis) is 1. The molecule has 1 unspecified atom stereocenters. The lowest BCUT2D eigenvalue weighted by molar-refractivity contribution is -0.124. The van der Waals surface area contributed by atoms with Gasteiger partial charge >= 0.3 is 6.09 Å². The first kappa shape index (κ1) is 18.5. The van der Waals surface area contributed by atoms with Crippen LogP contribution in [-0.2, 0) is 22.6 Å². The number of carbonyl (C=O) groups is 2. The lowest BCUT2D eigenvalue weighted by Gasteiger charge is -2.21. The molecule has 7 nitrogen and oxygen atoms in total. The molecule has 0 aliphatic rings. The predicted octanol–water partition coefficient (Wildman–Crippen LogP) is 1.93. The third kappa shape index (κ3) is 5.63. The molecule has 0 spiro atoms. The van der Waals surface area contributed by atoms with Gasteiger partial charge in [0.2, 0.25) is 5.91 Å². The largest absolute Gasteiger partial charge is 0.453 e. The fourth-order valence-corrected chi connectivity index (χ4v) is 2.44. The monoisotopic (exact) mass is 344 g/mol. The lowest BCUT2D eigenvalue weighted by atomic mass is 10.0. The normalized spacial score (nSPS) is 11.8. The standard InChI is InChI=1S/C18H24N4O3/c1-13(2)16(21-18(24)25-3)17(23)19-11-14-6-4-7-15(10-14)12-22-9-5-8-20-22/h4-10,13,16H,11-12H2,1-3H3,(H,19,23)(H,21,24). The van der Waals surface area contributed by atoms with E-state index in [9.17, 15) is 9.59 Å². The van der Waals surface area contributed by atoms with Gasteiger partial charge in [0.1, 0.15) is 6.04 Å². The highest BCUT2D eigenvalue weighted by atomic mass is 16.5. The van der Waals surface area contributed by atoms with E-state index in [1.54, 1.807) is 6.20 Å². The number of nitrogens with zero attached hydrogens (tertiary/aromatic N) is 2. The zero-order valence-electron chi connectivity index (χ0n) is 14.7. The van der Waals surface area contributed by atoms with Crippen LogP contribution in [0.2, 0.25) is 0 Å². The van der Waals surface area contributed by atoms with Gasteiger partial charge in [-0.3, -0.25) is 9.48 Å². The van der Waals surface area contributed by atoms with Gasteiger partial charge in [-0.15, -0.1) is 0 Å². The van der Waals surface area contributed by atoms with Gasteiger partial charge in [0, 0.05) is 18.9 Å². The van der Waals surface area contributed by atoms with Gasteiger partial charge in [0.25, 0.3) is 0 Å². The molecule has 0 radical (unpaired) electrons. The van der Waals surface area contributed by atoms with E-state index in [2.05, 4.69) is 20.5 Å². The minimum absolute atomic E-state index is 0.0507. The molecule has 1 heterocycles. The Morgan fingerprint density at radius 2 is 2.00 bits per heavy atom. The molecule has 0 aliphatic heterocycles. The van der Waals surface area contributed by atoms with Gasteiger partial charge in [-0.25, -0.2) is 4.79 Å². The minimum Gasteiger partial charge on any atom is -0.453 e. The number of carbonyl (C=O) groups excluding carboxylic acids is 2. The zero-order chi connectivity index (χ0) is 18.2. The molecule has 1 aromatic carbocycles. The molecule has 134 valence electrons. The Morgan fingerprint density at radius 3 is 2.64 bits per heavy atom. The van der Waals surface area contributed by atoms with Crippen LogP contribution in [0.4, 0.5) is 4.79 Å². The van der Waals surface area contributed by atoms with Crippen LogP contribution in [0, 0.1) is 5.92 Å². The molecule has 0 saturated carbocycles. The first-order valence-electron chi connectivity index (χ1n) is 8.17. The Kier molecular flexibility index (Phi) is 6.56. The van der Waals surface area contributed by atoms with Crippen LogP contribution in [-0.4, -0.2) is 34.9 Å². The smallest absolute Gasteiger partial charge is 0.407 e. The fourth-order valence-electron chi connectivity index (χ4n) is 2.44. The van der Waals surface area contributed by atoms with Crippen LogP contribution < -0.4 is 10.6 Å². The summed E-state index contributed by atoms with van der Waals surface area (Å²) in [6.45, 7) is 4.79. The average Bonchev–Trinajstić information content (AvgIpc) is 3.10. The predicted molar refractivity (Wildman–Crippen MR) is 93.8 cm³/mol. The topological polar surface area (TPSA) is 85.2 Å². The van der Waals surface area contributed by atoms with Crippen molar-refractivity contribution in [2.45, 2.75) is 33.0 Å². The van der Waals surface area contributed by atoms with Crippen LogP contribution in [0.5, 0.6) is 0 Å². The number of hydrogen-bond acceptors (Lipinski definition) is 4. The molecular formula is C18H24N4O3. The quantitative estimate of drug-likeness (QED) is 0.804. The second kappa shape index (κ2) is 8.86. The van der Waals surface area contributed by atoms with E-state index in [0.717, 1.165) is 11.1 Å². The molecule has 1 aromatic heterocycles. The van der Waals surface area contributed by atoms with Crippen LogP contribution >= 0.6 is 0 Å². The SMILES string of the molecule is COC(=O)NC(C(=O)NCc1cccc(Cn2cccn2)c1)C(C)C. The highest BCUT2D eigenvalue weighted by Gasteiger charge is 2.24. The van der Waals surface area contributed by atoms with Gasteiger partial charge in [-0.2, -0.15) is 5.10 Å². The molecule has 7 heteroatoms. The number of amides is 2. The van der Waals surface area contributed by atoms with E-state index in [4.69, 9.17) is 0 Å². The molecule has 0 aliphatic carbocycles. The second-order valence-corrected chi connectivity index (χ2v) is 6.10. The number of benzene rings is 1. The zero-order valence-corrected chi connectivity index (χ0v) is 14.7. The molecule has 0 fully saturated rings. The molecule has 2 aromatic rings. The van der Waals surface area contributed by atoms with Crippen LogP contribution in [0.15, 0.2) is 42.7 Å². The van der Waals surface area contributed by atoms with Crippen LogP contribution in [0.3, 0.4) is 0 Å². The van der Waals surface area contributed by atoms with Gasteiger partial charge < -0.3 is 15.4 Å². The van der Waals surface area contributed by atoms with Crippen molar-refractivity contribution >= 4 is 12.0 Å². The van der Waals surface area contributed by atoms with Crippen molar-refractivity contribution in [3.05, 3.63) is 53.9 Å². The Hall–Kier alpha value is -2.83. The summed E-state index contributed by atoms with van der Waals surface area (Å²) in [4.78, 5) is 23.7. The van der Waals surface area contributed by atoms with Gasteiger partial charge in [-0.1, -0.05) is 38.1 Å². The number of nitrogens with one attached hydrogen (secondary N) is 2. The van der Waals surface area contributed by atoms with E-state index in [0.29, 0.717) is 13.1 Å². The molecule has 2 rings (SSSR count). The lowest BCUT2D eigenvalue weighted by Crippen LogP contribution is -2.49. The van der Waals surface area contributed by atoms with Crippen molar-refractivity contribution in [2.75, 3.05) is 7.11 Å². The maximum absolute atomic E-state index is 12.4. The number of aromatic nitrogens is 2. The summed E-state index contributed by atoms with van der Waals surface area (Å²) in [5, 5.41) is 9.61. The highest BCUT2D eigenvalue weighted by Crippen LogP contribution is 2.08. The Morgan fingerprint density at radius 1 is 1.24 bits per heavy atom. The summed E-state index contributed by atoms with van der Waals surface area (Å²) in [5.41, 5.74) is 2.09. The number of hydrogen-bond donors (Lipinski definition) is 2. The summed E-state index contributed by atoms with van der Waals surface area (Å²) in [6, 6.07) is 9.19. The van der Waals surface area contributed by atoms with E-state index >= 15 is 0 Å². The summed E-state index contributed by atoms with van der Waals surface area (Å²) in [5.74, 6) is -0.289. The third-order valence-electron chi connectivity index (χ3n) is 3.77. The van der Waals surface area contributed by atoms with Crippen molar-refractivity contribution in [1.29, 1.82) is 0 Å². The number of ether oxygens (including phenoxy) is 1. The minimum atomic E-state index is -0.639.